The van der Waals surface area contributed by atoms with Gasteiger partial charge in [-0.3, -0.25) is 4.79 Å². The Kier molecular flexibility index (Phi) is 4.29. The van der Waals surface area contributed by atoms with Crippen LogP contribution in [0.1, 0.15) is 34.7 Å². The number of hydrogen-bond donors (Lipinski definition) is 2. The fourth-order valence-electron chi connectivity index (χ4n) is 1.75. The molecule has 7 heteroatoms. The van der Waals surface area contributed by atoms with E-state index in [0.29, 0.717) is 23.1 Å². The van der Waals surface area contributed by atoms with Crippen molar-refractivity contribution in [3.8, 4) is 0 Å². The molecule has 0 radical (unpaired) electrons. The molecule has 106 valence electrons. The van der Waals surface area contributed by atoms with Crippen LogP contribution in [0.25, 0.3) is 0 Å². The topological polar surface area (TPSA) is 92.9 Å². The van der Waals surface area contributed by atoms with E-state index in [1.54, 1.807) is 19.1 Å². The van der Waals surface area contributed by atoms with Crippen LogP contribution in [0.2, 0.25) is 0 Å². The molecule has 0 saturated carbocycles. The molecule has 2 rings (SSSR count). The third kappa shape index (κ3) is 3.53. The van der Waals surface area contributed by atoms with Crippen molar-refractivity contribution >= 4 is 11.7 Å². The summed E-state index contributed by atoms with van der Waals surface area (Å²) in [5.41, 5.74) is 1.33. The van der Waals surface area contributed by atoms with E-state index < -0.39 is 0 Å². The van der Waals surface area contributed by atoms with Crippen LogP contribution in [-0.2, 0) is 6.54 Å². The van der Waals surface area contributed by atoms with Crippen LogP contribution in [-0.4, -0.2) is 27.6 Å². The minimum Gasteiger partial charge on any atom is -0.370 e. The number of carbonyl (C=O) groups excluding carboxylic acids is 1. The number of nitrogens with one attached hydrogen (secondary N) is 2. The molecule has 0 atom stereocenters. The number of rotatable bonds is 5. The summed E-state index contributed by atoms with van der Waals surface area (Å²) < 4.78 is 4.84. The number of anilines is 1. The first-order chi connectivity index (χ1) is 9.58. The Hall–Kier alpha value is -2.44. The monoisotopic (exact) mass is 275 g/mol. The number of pyridine rings is 1. The van der Waals surface area contributed by atoms with Crippen molar-refractivity contribution in [1.82, 2.24) is 20.4 Å². The van der Waals surface area contributed by atoms with E-state index in [1.807, 2.05) is 13.8 Å². The first-order valence-corrected chi connectivity index (χ1v) is 6.38. The number of carbonyl (C=O) groups is 1. The zero-order valence-corrected chi connectivity index (χ0v) is 11.7. The second kappa shape index (κ2) is 6.14. The van der Waals surface area contributed by atoms with Crippen molar-refractivity contribution in [2.24, 2.45) is 0 Å². The molecule has 1 amide bonds. The molecule has 2 aromatic rings. The normalized spacial score (nSPS) is 10.3. The molecule has 0 aliphatic rings. The third-order valence-electron chi connectivity index (χ3n) is 2.55. The van der Waals surface area contributed by atoms with Crippen molar-refractivity contribution < 1.29 is 9.32 Å². The van der Waals surface area contributed by atoms with Crippen LogP contribution < -0.4 is 10.6 Å². The fraction of sp³-hybridized carbons (Fsp3) is 0.385. The maximum Gasteiger partial charge on any atom is 0.251 e. The fourth-order valence-corrected chi connectivity index (χ4v) is 1.75. The van der Waals surface area contributed by atoms with E-state index in [-0.39, 0.29) is 12.5 Å². The van der Waals surface area contributed by atoms with Gasteiger partial charge in [0.05, 0.1) is 6.54 Å². The predicted molar refractivity (Wildman–Crippen MR) is 73.3 cm³/mol. The van der Waals surface area contributed by atoms with Gasteiger partial charge in [0.15, 0.2) is 5.82 Å². The summed E-state index contributed by atoms with van der Waals surface area (Å²) in [6, 6.07) is 3.45. The van der Waals surface area contributed by atoms with E-state index in [0.717, 1.165) is 12.2 Å². The highest BCUT2D eigenvalue weighted by molar-refractivity contribution is 5.94. The van der Waals surface area contributed by atoms with Crippen LogP contribution in [0.15, 0.2) is 16.7 Å². The van der Waals surface area contributed by atoms with E-state index in [4.69, 9.17) is 4.52 Å². The van der Waals surface area contributed by atoms with E-state index >= 15 is 0 Å². The van der Waals surface area contributed by atoms with Gasteiger partial charge >= 0.3 is 0 Å². The summed E-state index contributed by atoms with van der Waals surface area (Å²) in [6.07, 6.45) is 0. The standard InChI is InChI=1S/C13H17N5O2/c1-4-14-11-6-10(5-8(2)16-11)13(19)15-7-12-17-9(3)20-18-12/h5-6H,4,7H2,1-3H3,(H,14,16)(H,15,19). The number of hydrogen-bond acceptors (Lipinski definition) is 6. The van der Waals surface area contributed by atoms with Crippen molar-refractivity contribution in [1.29, 1.82) is 0 Å². The van der Waals surface area contributed by atoms with Gasteiger partial charge in [-0.25, -0.2) is 4.98 Å². The van der Waals surface area contributed by atoms with Crippen molar-refractivity contribution in [3.63, 3.8) is 0 Å². The minimum absolute atomic E-state index is 0.197. The van der Waals surface area contributed by atoms with Crippen molar-refractivity contribution in [3.05, 3.63) is 35.1 Å². The van der Waals surface area contributed by atoms with Crippen molar-refractivity contribution in [2.45, 2.75) is 27.3 Å². The van der Waals surface area contributed by atoms with Gasteiger partial charge < -0.3 is 15.2 Å². The highest BCUT2D eigenvalue weighted by atomic mass is 16.5. The number of aromatic nitrogens is 3. The SMILES string of the molecule is CCNc1cc(C(=O)NCc2noc(C)n2)cc(C)n1. The molecule has 0 unspecified atom stereocenters. The molecule has 0 spiro atoms. The molecule has 0 fully saturated rings. The summed E-state index contributed by atoms with van der Waals surface area (Å²) in [5.74, 6) is 1.42. The summed E-state index contributed by atoms with van der Waals surface area (Å²) in [5, 5.41) is 9.56. The third-order valence-corrected chi connectivity index (χ3v) is 2.55. The first-order valence-electron chi connectivity index (χ1n) is 6.38. The quantitative estimate of drug-likeness (QED) is 0.857. The second-order valence-electron chi connectivity index (χ2n) is 4.33. The molecule has 2 aromatic heterocycles. The molecule has 0 bridgehead atoms. The summed E-state index contributed by atoms with van der Waals surface area (Å²) in [6.45, 7) is 6.50. The summed E-state index contributed by atoms with van der Waals surface area (Å²) in [7, 11) is 0. The molecular weight excluding hydrogens is 258 g/mol. The summed E-state index contributed by atoms with van der Waals surface area (Å²) in [4.78, 5) is 20.4. The zero-order chi connectivity index (χ0) is 14.5. The van der Waals surface area contributed by atoms with Crippen LogP contribution in [0.5, 0.6) is 0 Å². The predicted octanol–water partition coefficient (Wildman–Crippen LogP) is 1.44. The smallest absolute Gasteiger partial charge is 0.251 e. The molecule has 2 heterocycles. The van der Waals surface area contributed by atoms with Crippen molar-refractivity contribution in [2.75, 3.05) is 11.9 Å². The second-order valence-corrected chi connectivity index (χ2v) is 4.33. The van der Waals surface area contributed by atoms with Crippen LogP contribution in [0, 0.1) is 13.8 Å². The Morgan fingerprint density at radius 2 is 2.10 bits per heavy atom. The molecule has 20 heavy (non-hydrogen) atoms. The number of nitrogens with zero attached hydrogens (tertiary/aromatic N) is 3. The lowest BCUT2D eigenvalue weighted by Crippen LogP contribution is -2.23. The molecular formula is C13H17N5O2. The van der Waals surface area contributed by atoms with Gasteiger partial charge in [0.25, 0.3) is 5.91 Å². The molecule has 2 N–H and O–H groups in total. The Balaban J connectivity index is 2.04. The zero-order valence-electron chi connectivity index (χ0n) is 11.7. The highest BCUT2D eigenvalue weighted by Crippen LogP contribution is 2.10. The lowest BCUT2D eigenvalue weighted by atomic mass is 10.2. The Bertz CT molecular complexity index is 609. The highest BCUT2D eigenvalue weighted by Gasteiger charge is 2.10. The van der Waals surface area contributed by atoms with Gasteiger partial charge in [0.1, 0.15) is 5.82 Å². The molecule has 0 aliphatic heterocycles. The lowest BCUT2D eigenvalue weighted by molar-refractivity contribution is 0.0949. The van der Waals surface area contributed by atoms with Gasteiger partial charge in [0.2, 0.25) is 5.89 Å². The Labute approximate surface area is 116 Å². The van der Waals surface area contributed by atoms with Crippen LogP contribution in [0.3, 0.4) is 0 Å². The van der Waals surface area contributed by atoms with E-state index in [9.17, 15) is 4.79 Å². The average Bonchev–Trinajstić information content (AvgIpc) is 2.81. The summed E-state index contributed by atoms with van der Waals surface area (Å²) >= 11 is 0. The molecule has 0 aromatic carbocycles. The molecule has 0 aliphatic carbocycles. The van der Waals surface area contributed by atoms with Gasteiger partial charge in [-0.2, -0.15) is 4.98 Å². The largest absolute Gasteiger partial charge is 0.370 e. The van der Waals surface area contributed by atoms with Gasteiger partial charge in [0, 0.05) is 24.7 Å². The van der Waals surface area contributed by atoms with Gasteiger partial charge in [-0.1, -0.05) is 5.16 Å². The minimum atomic E-state index is -0.197. The number of amides is 1. The lowest BCUT2D eigenvalue weighted by Gasteiger charge is -2.07. The van der Waals surface area contributed by atoms with Crippen LogP contribution in [0.4, 0.5) is 5.82 Å². The van der Waals surface area contributed by atoms with Gasteiger partial charge in [-0.05, 0) is 26.0 Å². The van der Waals surface area contributed by atoms with E-state index in [2.05, 4.69) is 25.8 Å². The maximum atomic E-state index is 12.1. The van der Waals surface area contributed by atoms with Crippen LogP contribution >= 0.6 is 0 Å². The van der Waals surface area contributed by atoms with Gasteiger partial charge in [-0.15, -0.1) is 0 Å². The molecule has 7 nitrogen and oxygen atoms in total. The molecule has 0 saturated heterocycles. The van der Waals surface area contributed by atoms with E-state index in [1.165, 1.54) is 0 Å². The Morgan fingerprint density at radius 3 is 2.75 bits per heavy atom. The Morgan fingerprint density at radius 1 is 1.30 bits per heavy atom. The number of aryl methyl sites for hydroxylation is 2. The first kappa shape index (κ1) is 14.0. The maximum absolute atomic E-state index is 12.1. The average molecular weight is 275 g/mol.